The molecule has 60 heavy (non-hydrogen) atoms. The highest BCUT2D eigenvalue weighted by Gasteiger charge is 2.29. The molecule has 4 aliphatic rings. The van der Waals surface area contributed by atoms with Crippen LogP contribution in [0.2, 0.25) is 5.02 Å². The molecule has 3 aromatic rings. The van der Waals surface area contributed by atoms with E-state index in [1.807, 2.05) is 37.6 Å². The number of benzene rings is 3. The van der Waals surface area contributed by atoms with Crippen molar-refractivity contribution in [1.29, 1.82) is 5.26 Å². The van der Waals surface area contributed by atoms with Gasteiger partial charge in [-0.1, -0.05) is 86.5 Å². The normalized spacial score (nSPS) is 24.1. The van der Waals surface area contributed by atoms with Crippen molar-refractivity contribution in [2.75, 3.05) is 26.9 Å². The Hall–Kier alpha value is -4.09. The number of ether oxygens (including phenoxy) is 4. The fourth-order valence-electron chi connectivity index (χ4n) is 9.92. The molecule has 3 aliphatic carbocycles. The molecular formula is C52H65ClN2O5. The Bertz CT molecular complexity index is 2030. The third-order valence-electron chi connectivity index (χ3n) is 13.3. The highest BCUT2D eigenvalue weighted by molar-refractivity contribution is 6.32. The molecule has 7 rings (SSSR count). The molecule has 8 heteroatoms. The van der Waals surface area contributed by atoms with E-state index < -0.39 is 0 Å². The molecule has 2 saturated carbocycles. The molecule has 0 saturated heterocycles. The number of rotatable bonds is 16. The molecular weight excluding hydrogens is 768 g/mol. The van der Waals surface area contributed by atoms with Gasteiger partial charge in [-0.2, -0.15) is 5.26 Å². The summed E-state index contributed by atoms with van der Waals surface area (Å²) in [6, 6.07) is 19.2. The molecule has 3 unspecified atom stereocenters. The van der Waals surface area contributed by atoms with Crippen molar-refractivity contribution in [3.8, 4) is 34.4 Å². The van der Waals surface area contributed by atoms with Gasteiger partial charge in [0, 0.05) is 37.1 Å². The van der Waals surface area contributed by atoms with Crippen molar-refractivity contribution in [3.05, 3.63) is 99.1 Å². The molecule has 1 N–H and O–H groups in total. The van der Waals surface area contributed by atoms with Crippen molar-refractivity contribution in [1.82, 2.24) is 0 Å². The average Bonchev–Trinajstić information content (AvgIpc) is 3.58. The van der Waals surface area contributed by atoms with Gasteiger partial charge in [0.15, 0.2) is 0 Å². The summed E-state index contributed by atoms with van der Waals surface area (Å²) in [6.45, 7) is 3.89. The molecule has 7 nitrogen and oxygen atoms in total. The molecule has 1 heterocycles. The topological polar surface area (TPSA) is 93.3 Å². The monoisotopic (exact) mass is 832 g/mol. The first-order valence-corrected chi connectivity index (χ1v) is 23.2. The van der Waals surface area contributed by atoms with E-state index in [4.69, 9.17) is 30.5 Å². The summed E-state index contributed by atoms with van der Waals surface area (Å²) in [4.78, 5) is 4.58. The minimum Gasteiger partial charge on any atom is -0.493 e. The number of aliphatic hydroxyl groups excluding tert-OH is 1. The molecule has 5 atom stereocenters. The maximum absolute atomic E-state index is 10.5. The Labute approximate surface area is 363 Å². The van der Waals surface area contributed by atoms with E-state index in [9.17, 15) is 10.4 Å². The average molecular weight is 834 g/mol. The number of nitriles is 1. The summed E-state index contributed by atoms with van der Waals surface area (Å²) in [5, 5.41) is 20.7. The van der Waals surface area contributed by atoms with Crippen molar-refractivity contribution in [2.45, 2.75) is 141 Å². The quantitative estimate of drug-likeness (QED) is 0.114. The van der Waals surface area contributed by atoms with Gasteiger partial charge in [0.2, 0.25) is 0 Å². The van der Waals surface area contributed by atoms with E-state index in [1.165, 1.54) is 79.2 Å². The molecule has 0 amide bonds. The number of aliphatic imine (C=N–C) groups is 1. The van der Waals surface area contributed by atoms with Crippen molar-refractivity contribution in [2.24, 2.45) is 16.8 Å². The van der Waals surface area contributed by atoms with E-state index in [2.05, 4.69) is 54.4 Å². The highest BCUT2D eigenvalue weighted by atomic mass is 35.5. The Morgan fingerprint density at radius 3 is 2.58 bits per heavy atom. The van der Waals surface area contributed by atoms with Crippen LogP contribution < -0.4 is 14.2 Å². The van der Waals surface area contributed by atoms with Crippen LogP contribution in [-0.2, 0) is 17.6 Å². The second-order valence-corrected chi connectivity index (χ2v) is 18.0. The molecule has 1 aliphatic heterocycles. The second-order valence-electron chi connectivity index (χ2n) is 17.6. The predicted octanol–water partition coefficient (Wildman–Crippen LogP) is 12.6. The highest BCUT2D eigenvalue weighted by Crippen LogP contribution is 2.45. The van der Waals surface area contributed by atoms with Crippen LogP contribution in [0.3, 0.4) is 0 Å². The summed E-state index contributed by atoms with van der Waals surface area (Å²) in [5.74, 6) is 3.46. The molecule has 0 radical (unpaired) electrons. The Morgan fingerprint density at radius 2 is 1.72 bits per heavy atom. The van der Waals surface area contributed by atoms with Crippen molar-refractivity contribution < 1.29 is 24.1 Å². The van der Waals surface area contributed by atoms with Crippen molar-refractivity contribution in [3.63, 3.8) is 0 Å². The lowest BCUT2D eigenvalue weighted by molar-refractivity contribution is 0.0889. The van der Waals surface area contributed by atoms with Gasteiger partial charge in [-0.05, 0) is 147 Å². The number of allylic oxidation sites excluding steroid dienone is 3. The number of methoxy groups -OCH3 is 1. The summed E-state index contributed by atoms with van der Waals surface area (Å²) < 4.78 is 25.5. The second kappa shape index (κ2) is 22.1. The maximum Gasteiger partial charge on any atom is 0.142 e. The number of hydrogen-bond acceptors (Lipinski definition) is 7. The minimum atomic E-state index is -0.268. The largest absolute Gasteiger partial charge is 0.493 e. The number of halogens is 1. The van der Waals surface area contributed by atoms with Crippen LogP contribution in [-0.4, -0.2) is 50.4 Å². The van der Waals surface area contributed by atoms with Crippen LogP contribution in [0.5, 0.6) is 17.2 Å². The predicted molar refractivity (Wildman–Crippen MR) is 243 cm³/mol. The lowest BCUT2D eigenvalue weighted by Crippen LogP contribution is -2.21. The lowest BCUT2D eigenvalue weighted by atomic mass is 9.83. The summed E-state index contributed by atoms with van der Waals surface area (Å²) in [7, 11) is 1.86. The molecule has 320 valence electrons. The van der Waals surface area contributed by atoms with E-state index in [0.29, 0.717) is 40.7 Å². The molecule has 0 aromatic heterocycles. The van der Waals surface area contributed by atoms with E-state index in [1.54, 1.807) is 0 Å². The van der Waals surface area contributed by atoms with E-state index >= 15 is 0 Å². The number of aliphatic hydroxyl groups is 1. The van der Waals surface area contributed by atoms with Crippen LogP contribution in [0, 0.1) is 30.1 Å². The van der Waals surface area contributed by atoms with Crippen molar-refractivity contribution >= 4 is 17.8 Å². The number of nitrogens with zero attached hydrogens (tertiary/aromatic N) is 2. The zero-order chi connectivity index (χ0) is 41.7. The standard InChI is InChI=1S/C52H65ClN2O5/c1-36-44(18-11-21-49(36)58-27-7-3-4-12-37-14-9-17-43(57-2)23-22-37)45-19-10-20-47-46(45)24-25-50(47)60-52-32-51(41(31-48(52)53)29-38-15-8-16-42(56)30-38)59-35-40-28-39(33-54)13-5-6-26-55-34-40/h10-11,13,18-21,28,31-32,34,37-38,42-43,50,56H,3-9,12,14-17,22-27,29-30,35H2,1-2H3/b39-13+,40-28?,55-34?/t37?,38?,42-,43?,50+/m1/s1. The third-order valence-corrected chi connectivity index (χ3v) is 13.6. The van der Waals surface area contributed by atoms with Gasteiger partial charge in [-0.25, -0.2) is 0 Å². The maximum atomic E-state index is 10.5. The summed E-state index contributed by atoms with van der Waals surface area (Å²) >= 11 is 7.06. The summed E-state index contributed by atoms with van der Waals surface area (Å²) in [5.41, 5.74) is 8.57. The zero-order valence-electron chi connectivity index (χ0n) is 35.9. The van der Waals surface area contributed by atoms with E-state index in [-0.39, 0.29) is 18.8 Å². The number of unbranched alkanes of at least 4 members (excludes halogenated alkanes) is 2. The number of fused-ring (bicyclic) bond motifs is 1. The molecule has 0 bridgehead atoms. The van der Waals surface area contributed by atoms with Crippen LogP contribution >= 0.6 is 11.6 Å². The fraction of sp³-hybridized carbons (Fsp3) is 0.538. The fourth-order valence-corrected chi connectivity index (χ4v) is 10.2. The molecule has 3 aromatic carbocycles. The Morgan fingerprint density at radius 1 is 0.867 bits per heavy atom. The van der Waals surface area contributed by atoms with Gasteiger partial charge >= 0.3 is 0 Å². The van der Waals surface area contributed by atoms with Crippen LogP contribution in [0.4, 0.5) is 0 Å². The minimum absolute atomic E-state index is 0.156. The zero-order valence-corrected chi connectivity index (χ0v) is 36.7. The first-order valence-electron chi connectivity index (χ1n) is 22.9. The third kappa shape index (κ3) is 11.8. The van der Waals surface area contributed by atoms with Gasteiger partial charge in [0.25, 0.3) is 0 Å². The Kier molecular flexibility index (Phi) is 16.2. The van der Waals surface area contributed by atoms with Gasteiger partial charge in [0.05, 0.1) is 29.9 Å². The smallest absolute Gasteiger partial charge is 0.142 e. The molecule has 0 spiro atoms. The SMILES string of the molecule is COC1CCCC(CCCCCOc2cccc(-c3cccc4c3CC[C@@H]4Oc3cc(OCC4=C/C(C#N)=C\CCCN=C4)c(CC4CCC[C@@H](O)C4)cc3Cl)c2C)CC1. The van der Waals surface area contributed by atoms with Gasteiger partial charge in [-0.15, -0.1) is 0 Å². The van der Waals surface area contributed by atoms with E-state index in [0.717, 1.165) is 93.6 Å². The Balaban J connectivity index is 1.03. The lowest BCUT2D eigenvalue weighted by Gasteiger charge is -2.27. The van der Waals surface area contributed by atoms with Crippen LogP contribution in [0.25, 0.3) is 11.1 Å². The molecule has 2 fully saturated rings. The summed E-state index contributed by atoms with van der Waals surface area (Å²) in [6.07, 6.45) is 24.9. The van der Waals surface area contributed by atoms with Gasteiger partial charge in [0.1, 0.15) is 30.0 Å². The van der Waals surface area contributed by atoms with Crippen LogP contribution in [0.1, 0.15) is 131 Å². The van der Waals surface area contributed by atoms with Crippen LogP contribution in [0.15, 0.2) is 76.8 Å². The van der Waals surface area contributed by atoms with Gasteiger partial charge < -0.3 is 24.1 Å². The van der Waals surface area contributed by atoms with Gasteiger partial charge in [-0.3, -0.25) is 4.99 Å². The number of hydrogen-bond donors (Lipinski definition) is 1. The first-order chi connectivity index (χ1) is 29.4. The first kappa shape index (κ1) is 44.0.